The molecular weight excluding hydrogens is 446 g/mol. The molecule has 33 heavy (non-hydrogen) atoms. The van der Waals surface area contributed by atoms with E-state index in [1.165, 1.54) is 36.5 Å². The summed E-state index contributed by atoms with van der Waals surface area (Å²) in [6.07, 6.45) is 1.42. The molecule has 1 aliphatic rings. The minimum Gasteiger partial charge on any atom is -0.454 e. The Hall–Kier alpha value is -4.36. The van der Waals surface area contributed by atoms with Crippen molar-refractivity contribution in [2.24, 2.45) is 5.10 Å². The first kappa shape index (κ1) is 21.9. The summed E-state index contributed by atoms with van der Waals surface area (Å²) in [5.41, 5.74) is 4.16. The topological polar surface area (TPSA) is 127 Å². The van der Waals surface area contributed by atoms with Crippen LogP contribution in [0.4, 0.5) is 0 Å². The van der Waals surface area contributed by atoms with Crippen molar-refractivity contribution in [3.05, 3.63) is 82.9 Å². The lowest BCUT2D eigenvalue weighted by Gasteiger charge is -2.11. The number of carbonyl (C=O) groups excluding carboxylic acids is 1. The molecule has 0 aliphatic carbocycles. The first-order chi connectivity index (χ1) is 15.9. The highest BCUT2D eigenvalue weighted by atomic mass is 32.2. The first-order valence-electron chi connectivity index (χ1n) is 9.64. The van der Waals surface area contributed by atoms with Crippen LogP contribution in [-0.4, -0.2) is 27.3 Å². The van der Waals surface area contributed by atoms with Gasteiger partial charge in [-0.25, -0.2) is 5.43 Å². The number of ether oxygens (including phenoxy) is 2. The zero-order chi connectivity index (χ0) is 23.4. The van der Waals surface area contributed by atoms with Crippen molar-refractivity contribution in [1.29, 1.82) is 5.26 Å². The van der Waals surface area contributed by atoms with Crippen molar-refractivity contribution in [2.75, 3.05) is 6.79 Å². The molecule has 0 fully saturated rings. The highest BCUT2D eigenvalue weighted by Gasteiger charge is 2.25. The van der Waals surface area contributed by atoms with Gasteiger partial charge < -0.3 is 13.7 Å². The Kier molecular flexibility index (Phi) is 5.97. The molecule has 0 saturated heterocycles. The van der Waals surface area contributed by atoms with Crippen molar-refractivity contribution in [1.82, 2.24) is 5.43 Å². The Morgan fingerprint density at radius 1 is 1.12 bits per heavy atom. The quantitative estimate of drug-likeness (QED) is 0.338. The van der Waals surface area contributed by atoms with Gasteiger partial charge in [0.1, 0.15) is 10.6 Å². The number of hydrazone groups is 1. The molecule has 1 amide bonds. The van der Waals surface area contributed by atoms with Crippen molar-refractivity contribution >= 4 is 22.2 Å². The highest BCUT2D eigenvalue weighted by molar-refractivity contribution is 7.87. The number of fused-ring (bicyclic) bond motifs is 1. The second-order valence-electron chi connectivity index (χ2n) is 6.97. The molecular formula is C23H17N3O6S. The second-order valence-corrected chi connectivity index (χ2v) is 8.48. The fourth-order valence-corrected chi connectivity index (χ4v) is 4.18. The van der Waals surface area contributed by atoms with E-state index in [4.69, 9.17) is 18.9 Å². The third kappa shape index (κ3) is 4.94. The van der Waals surface area contributed by atoms with Gasteiger partial charge in [-0.3, -0.25) is 4.79 Å². The zero-order valence-electron chi connectivity index (χ0n) is 17.3. The number of hydrogen-bond acceptors (Lipinski definition) is 8. The van der Waals surface area contributed by atoms with Crippen LogP contribution in [-0.2, 0) is 10.1 Å². The van der Waals surface area contributed by atoms with Crippen LogP contribution >= 0.6 is 0 Å². The zero-order valence-corrected chi connectivity index (χ0v) is 18.1. The molecule has 0 unspecified atom stereocenters. The summed E-state index contributed by atoms with van der Waals surface area (Å²) >= 11 is 0. The molecule has 0 aromatic heterocycles. The summed E-state index contributed by atoms with van der Waals surface area (Å²) in [7, 11) is -4.19. The van der Waals surface area contributed by atoms with E-state index in [1.54, 1.807) is 37.3 Å². The van der Waals surface area contributed by atoms with Gasteiger partial charge in [-0.2, -0.15) is 18.8 Å². The number of rotatable bonds is 6. The van der Waals surface area contributed by atoms with Crippen molar-refractivity contribution in [2.45, 2.75) is 11.8 Å². The molecule has 0 saturated carbocycles. The van der Waals surface area contributed by atoms with Crippen molar-refractivity contribution in [3.8, 4) is 23.3 Å². The van der Waals surface area contributed by atoms with Gasteiger partial charge in [-0.05, 0) is 54.4 Å². The molecule has 0 atom stereocenters. The van der Waals surface area contributed by atoms with E-state index < -0.39 is 16.0 Å². The molecule has 3 aromatic carbocycles. The van der Waals surface area contributed by atoms with E-state index in [0.29, 0.717) is 28.2 Å². The van der Waals surface area contributed by atoms with Crippen LogP contribution < -0.4 is 19.1 Å². The van der Waals surface area contributed by atoms with Crippen LogP contribution in [0.1, 0.15) is 27.0 Å². The normalized spacial score (nSPS) is 12.4. The van der Waals surface area contributed by atoms with Crippen molar-refractivity contribution in [3.63, 3.8) is 0 Å². The lowest BCUT2D eigenvalue weighted by molar-refractivity contribution is 0.0955. The Balaban J connectivity index is 1.46. The summed E-state index contributed by atoms with van der Waals surface area (Å²) in [6.45, 7) is 1.64. The van der Waals surface area contributed by atoms with Gasteiger partial charge >= 0.3 is 10.1 Å². The Bertz CT molecular complexity index is 1390. The summed E-state index contributed by atoms with van der Waals surface area (Å²) in [6, 6.07) is 17.3. The SMILES string of the molecule is Cc1cc2c(cc1S(=O)(=O)Oc1cccc(C(=O)N/N=C/c3ccc(C#N)cc3)c1)OCO2. The summed E-state index contributed by atoms with van der Waals surface area (Å²) < 4.78 is 41.4. The fraction of sp³-hybridized carbons (Fsp3) is 0.0870. The number of nitriles is 1. The molecule has 9 nitrogen and oxygen atoms in total. The van der Waals surface area contributed by atoms with E-state index in [1.807, 2.05) is 6.07 Å². The molecule has 0 spiro atoms. The number of nitrogens with zero attached hydrogens (tertiary/aromatic N) is 2. The van der Waals surface area contributed by atoms with E-state index in [2.05, 4.69) is 10.5 Å². The van der Waals surface area contributed by atoms with Crippen LogP contribution in [0.5, 0.6) is 17.2 Å². The predicted molar refractivity (Wildman–Crippen MR) is 118 cm³/mol. The van der Waals surface area contributed by atoms with Crippen LogP contribution in [0, 0.1) is 18.3 Å². The minimum atomic E-state index is -4.19. The van der Waals surface area contributed by atoms with Gasteiger partial charge in [0, 0.05) is 11.6 Å². The monoisotopic (exact) mass is 463 g/mol. The lowest BCUT2D eigenvalue weighted by atomic mass is 10.2. The maximum atomic E-state index is 12.8. The minimum absolute atomic E-state index is 0.0178. The van der Waals surface area contributed by atoms with E-state index in [0.717, 1.165) is 0 Å². The van der Waals surface area contributed by atoms with Gasteiger partial charge in [0.15, 0.2) is 11.5 Å². The van der Waals surface area contributed by atoms with E-state index in [9.17, 15) is 13.2 Å². The molecule has 166 valence electrons. The summed E-state index contributed by atoms with van der Waals surface area (Å²) in [4.78, 5) is 12.3. The third-order valence-corrected chi connectivity index (χ3v) is 6.05. The van der Waals surface area contributed by atoms with E-state index in [-0.39, 0.29) is 23.0 Å². The second kappa shape index (κ2) is 9.02. The summed E-state index contributed by atoms with van der Waals surface area (Å²) in [5.74, 6) is 0.195. The average Bonchev–Trinajstić information content (AvgIpc) is 3.26. The number of aryl methyl sites for hydroxylation is 1. The van der Waals surface area contributed by atoms with Crippen LogP contribution in [0.2, 0.25) is 0 Å². The number of nitrogens with one attached hydrogen (secondary N) is 1. The van der Waals surface area contributed by atoms with Crippen LogP contribution in [0.15, 0.2) is 70.7 Å². The maximum Gasteiger partial charge on any atom is 0.339 e. The maximum absolute atomic E-state index is 12.8. The smallest absolute Gasteiger partial charge is 0.339 e. The Labute approximate surface area is 190 Å². The molecule has 1 heterocycles. The number of amides is 1. The molecule has 1 aliphatic heterocycles. The van der Waals surface area contributed by atoms with Crippen LogP contribution in [0.3, 0.4) is 0 Å². The van der Waals surface area contributed by atoms with Crippen molar-refractivity contribution < 1.29 is 26.9 Å². The highest BCUT2D eigenvalue weighted by Crippen LogP contribution is 2.36. The number of carbonyl (C=O) groups is 1. The molecule has 4 rings (SSSR count). The van der Waals surface area contributed by atoms with Gasteiger partial charge in [-0.1, -0.05) is 18.2 Å². The average molecular weight is 463 g/mol. The third-order valence-electron chi connectivity index (χ3n) is 4.66. The number of hydrogen-bond donors (Lipinski definition) is 1. The largest absolute Gasteiger partial charge is 0.454 e. The molecule has 10 heteroatoms. The van der Waals surface area contributed by atoms with Crippen LogP contribution in [0.25, 0.3) is 0 Å². The molecule has 0 bridgehead atoms. The van der Waals surface area contributed by atoms with Gasteiger partial charge in [-0.15, -0.1) is 0 Å². The van der Waals surface area contributed by atoms with Gasteiger partial charge in [0.25, 0.3) is 5.91 Å². The van der Waals surface area contributed by atoms with Gasteiger partial charge in [0.2, 0.25) is 6.79 Å². The Morgan fingerprint density at radius 3 is 2.58 bits per heavy atom. The molecule has 0 radical (unpaired) electrons. The summed E-state index contributed by atoms with van der Waals surface area (Å²) in [5, 5.41) is 12.7. The number of benzene rings is 3. The Morgan fingerprint density at radius 2 is 1.85 bits per heavy atom. The van der Waals surface area contributed by atoms with Gasteiger partial charge in [0.05, 0.1) is 17.8 Å². The standard InChI is InChI=1S/C23H17N3O6S/c1-15-9-20-21(31-14-30-20)11-22(15)33(28,29)32-19-4-2-3-18(10-19)23(27)26-25-13-17-7-5-16(12-24)6-8-17/h2-11,13H,14H2,1H3,(H,26,27)/b25-13+. The van der Waals surface area contributed by atoms with E-state index >= 15 is 0 Å². The lowest BCUT2D eigenvalue weighted by Crippen LogP contribution is -2.18. The molecule has 3 aromatic rings. The molecule has 1 N–H and O–H groups in total. The predicted octanol–water partition coefficient (Wildman–Crippen LogP) is 3.13. The first-order valence-corrected chi connectivity index (χ1v) is 11.0. The fourth-order valence-electron chi connectivity index (χ4n) is 3.03.